The summed E-state index contributed by atoms with van der Waals surface area (Å²) < 4.78 is 16.7. The Hall–Kier alpha value is -1.58. The van der Waals surface area contributed by atoms with Crippen LogP contribution in [-0.4, -0.2) is 30.7 Å². The van der Waals surface area contributed by atoms with E-state index in [1.165, 1.54) is 25.7 Å². The zero-order valence-corrected chi connectivity index (χ0v) is 20.2. The average molecular weight is 456 g/mol. The number of furan rings is 2. The fraction of sp³-hybridized carbons (Fsp3) is 0.640. The lowest BCUT2D eigenvalue weighted by Gasteiger charge is -1.99. The van der Waals surface area contributed by atoms with Gasteiger partial charge >= 0.3 is 5.97 Å². The number of carboxylic acid groups (broad SMARTS) is 1. The molecule has 1 unspecified atom stereocenters. The van der Waals surface area contributed by atoms with E-state index < -0.39 is 5.97 Å². The molecule has 0 aliphatic rings. The van der Waals surface area contributed by atoms with Gasteiger partial charge in [-0.2, -0.15) is 0 Å². The predicted molar refractivity (Wildman–Crippen MR) is 131 cm³/mol. The molecular weight excluding hydrogens is 411 g/mol. The number of aliphatic hydroxyl groups excluding tert-OH is 1. The van der Waals surface area contributed by atoms with E-state index in [9.17, 15) is 4.79 Å². The Balaban J connectivity index is 0.000000536. The van der Waals surface area contributed by atoms with Crippen LogP contribution in [0.15, 0.2) is 45.6 Å². The first-order chi connectivity index (χ1) is 15.6. The van der Waals surface area contributed by atoms with Gasteiger partial charge in [0.25, 0.3) is 0 Å². The SMILES string of the molecule is O=C(O)CCCCCCCc1ccco1.OCCCCCCCCc1ccco1.[2H]PC. The summed E-state index contributed by atoms with van der Waals surface area (Å²) in [6.45, 7) is 2.16. The highest BCUT2D eigenvalue weighted by Crippen LogP contribution is 2.11. The largest absolute Gasteiger partial charge is 0.481 e. The van der Waals surface area contributed by atoms with Crippen LogP contribution in [0.25, 0.3) is 0 Å². The average Bonchev–Trinajstić information content (AvgIpc) is 3.48. The van der Waals surface area contributed by atoms with Gasteiger partial charge in [0.05, 0.1) is 13.8 Å². The number of carboxylic acids is 1. The summed E-state index contributed by atoms with van der Waals surface area (Å²) >= 11 is 0. The fourth-order valence-corrected chi connectivity index (χ4v) is 3.13. The van der Waals surface area contributed by atoms with Crippen molar-refractivity contribution in [3.05, 3.63) is 48.3 Å². The second kappa shape index (κ2) is 23.1. The lowest BCUT2D eigenvalue weighted by molar-refractivity contribution is -0.137. The number of hydrogen-bond donors (Lipinski definition) is 2. The van der Waals surface area contributed by atoms with Crippen LogP contribution >= 0.6 is 9.18 Å². The molecule has 178 valence electrons. The van der Waals surface area contributed by atoms with Gasteiger partial charge < -0.3 is 19.0 Å². The smallest absolute Gasteiger partial charge is 0.303 e. The zero-order chi connectivity index (χ0) is 23.7. The van der Waals surface area contributed by atoms with Crippen LogP contribution in [0.2, 0.25) is 0 Å². The quantitative estimate of drug-likeness (QED) is 0.213. The molecule has 0 aromatic carbocycles. The van der Waals surface area contributed by atoms with Gasteiger partial charge in [0.15, 0.2) is 0 Å². The summed E-state index contributed by atoms with van der Waals surface area (Å²) in [5, 5.41) is 17.0. The van der Waals surface area contributed by atoms with Crippen molar-refractivity contribution in [3.63, 3.8) is 0 Å². The number of aliphatic hydroxyl groups is 1. The van der Waals surface area contributed by atoms with Crippen LogP contribution in [0, 0.1) is 0 Å². The van der Waals surface area contributed by atoms with Gasteiger partial charge in [-0.3, -0.25) is 4.79 Å². The molecule has 0 fully saturated rings. The Bertz CT molecular complexity index is 602. The molecule has 0 aliphatic heterocycles. The van der Waals surface area contributed by atoms with E-state index in [0.29, 0.717) is 22.2 Å². The van der Waals surface area contributed by atoms with Crippen molar-refractivity contribution in [1.82, 2.24) is 0 Å². The van der Waals surface area contributed by atoms with Gasteiger partial charge in [0, 0.05) is 25.9 Å². The summed E-state index contributed by atoms with van der Waals surface area (Å²) in [6.07, 6.45) is 18.1. The molecule has 1 atom stereocenters. The monoisotopic (exact) mass is 455 g/mol. The summed E-state index contributed by atoms with van der Waals surface area (Å²) in [4.78, 5) is 10.2. The number of unbranched alkanes of at least 4 members (excludes halogenated alkanes) is 9. The van der Waals surface area contributed by atoms with Crippen LogP contribution in [0.4, 0.5) is 0 Å². The molecule has 0 saturated carbocycles. The Morgan fingerprint density at radius 3 is 1.65 bits per heavy atom. The number of hydrogen-bond acceptors (Lipinski definition) is 4. The standard InChI is InChI=1S/C12H18O3.C12H20O2.CH5P/c13-12(14)9-5-3-1-2-4-7-11-8-6-10-15-11;13-10-6-4-2-1-3-5-8-12-9-7-11-14-12;1-2/h6,8,10H,1-5,7,9H2,(H,13,14);7,9,11,13H,1-6,8,10H2;2H2,1H3/i;;2D. The molecule has 0 bridgehead atoms. The molecule has 31 heavy (non-hydrogen) atoms. The van der Waals surface area contributed by atoms with Gasteiger partial charge in [-0.05, 0) is 49.9 Å². The van der Waals surface area contributed by atoms with E-state index in [2.05, 4.69) is 0 Å². The van der Waals surface area contributed by atoms with E-state index >= 15 is 0 Å². The van der Waals surface area contributed by atoms with Crippen LogP contribution < -0.4 is 0 Å². The third-order valence-corrected chi connectivity index (χ3v) is 4.81. The maximum absolute atomic E-state index is 10.2. The molecule has 2 aromatic rings. The van der Waals surface area contributed by atoms with E-state index in [1.54, 1.807) is 12.5 Å². The van der Waals surface area contributed by atoms with Crippen LogP contribution in [-0.2, 0) is 17.6 Å². The first-order valence-corrected chi connectivity index (χ1v) is 12.6. The molecule has 0 aliphatic carbocycles. The van der Waals surface area contributed by atoms with E-state index in [1.807, 2.05) is 30.9 Å². The van der Waals surface area contributed by atoms with Crippen molar-refractivity contribution in [2.45, 2.75) is 89.9 Å². The van der Waals surface area contributed by atoms with Gasteiger partial charge in [-0.15, -0.1) is 9.18 Å². The normalized spacial score (nSPS) is 10.8. The first kappa shape index (κ1) is 27.5. The minimum absolute atomic E-state index is 0.304. The van der Waals surface area contributed by atoms with Gasteiger partial charge in [-0.1, -0.05) is 51.6 Å². The van der Waals surface area contributed by atoms with E-state index in [4.69, 9.17) is 20.3 Å². The maximum Gasteiger partial charge on any atom is 0.303 e. The molecule has 2 aromatic heterocycles. The molecule has 5 nitrogen and oxygen atoms in total. The van der Waals surface area contributed by atoms with Crippen molar-refractivity contribution in [1.29, 1.82) is 1.28 Å². The third kappa shape index (κ3) is 20.1. The molecular formula is C25H43O5P. The first-order valence-electron chi connectivity index (χ1n) is 12.1. The van der Waals surface area contributed by atoms with Gasteiger partial charge in [0.1, 0.15) is 11.5 Å². The summed E-state index contributed by atoms with van der Waals surface area (Å²) in [6, 6.07) is 7.87. The number of aryl methyl sites for hydroxylation is 2. The minimum Gasteiger partial charge on any atom is -0.481 e. The fourth-order valence-electron chi connectivity index (χ4n) is 3.13. The number of rotatable bonds is 16. The van der Waals surface area contributed by atoms with Gasteiger partial charge in [-0.25, -0.2) is 0 Å². The number of aliphatic carboxylic acids is 1. The number of carbonyl (C=O) groups is 1. The minimum atomic E-state index is -0.689. The Labute approximate surface area is 192 Å². The molecule has 2 rings (SSSR count). The third-order valence-electron chi connectivity index (χ3n) is 4.81. The maximum atomic E-state index is 10.2. The predicted octanol–water partition coefficient (Wildman–Crippen LogP) is 6.89. The lowest BCUT2D eigenvalue weighted by Crippen LogP contribution is -1.93. The highest BCUT2D eigenvalue weighted by atomic mass is 31.0. The summed E-state index contributed by atoms with van der Waals surface area (Å²) in [5.41, 5.74) is 0. The van der Waals surface area contributed by atoms with Crippen molar-refractivity contribution >= 4 is 15.2 Å². The molecule has 6 heteroatoms. The molecule has 2 heterocycles. The lowest BCUT2D eigenvalue weighted by atomic mass is 10.1. The van der Waals surface area contributed by atoms with E-state index in [-0.39, 0.29) is 0 Å². The highest BCUT2D eigenvalue weighted by Gasteiger charge is 1.98. The molecule has 0 amide bonds. The van der Waals surface area contributed by atoms with Crippen LogP contribution in [0.5, 0.6) is 0 Å². The highest BCUT2D eigenvalue weighted by molar-refractivity contribution is 7.15. The van der Waals surface area contributed by atoms with Crippen molar-refractivity contribution in [3.8, 4) is 0 Å². The summed E-state index contributed by atoms with van der Waals surface area (Å²) in [7, 11) is 0.333. The van der Waals surface area contributed by atoms with E-state index in [0.717, 1.165) is 69.3 Å². The van der Waals surface area contributed by atoms with Crippen LogP contribution in [0.3, 0.4) is 0 Å². The van der Waals surface area contributed by atoms with Crippen molar-refractivity contribution in [2.75, 3.05) is 13.3 Å². The topological polar surface area (TPSA) is 83.8 Å². The molecule has 0 radical (unpaired) electrons. The van der Waals surface area contributed by atoms with Crippen LogP contribution in [0.1, 0.15) is 88.6 Å². The van der Waals surface area contributed by atoms with Crippen molar-refractivity contribution in [2.24, 2.45) is 0 Å². The van der Waals surface area contributed by atoms with Crippen molar-refractivity contribution < 1.29 is 23.8 Å². The molecule has 0 spiro atoms. The Morgan fingerprint density at radius 1 is 0.839 bits per heavy atom. The second-order valence-electron chi connectivity index (χ2n) is 7.42. The zero-order valence-electron chi connectivity index (χ0n) is 20.2. The van der Waals surface area contributed by atoms with Gasteiger partial charge in [0.2, 0.25) is 0 Å². The summed E-state index contributed by atoms with van der Waals surface area (Å²) in [5.74, 6) is 1.45. The Kier molecular flexibility index (Phi) is 20.4. The molecule has 2 N–H and O–H groups in total. The Morgan fingerprint density at radius 2 is 1.26 bits per heavy atom. The second-order valence-corrected chi connectivity index (χ2v) is 7.42. The molecule has 0 saturated heterocycles.